The van der Waals surface area contributed by atoms with Gasteiger partial charge in [0.2, 0.25) is 0 Å². The summed E-state index contributed by atoms with van der Waals surface area (Å²) in [5, 5.41) is 1.22. The van der Waals surface area contributed by atoms with Crippen LogP contribution in [0.3, 0.4) is 0 Å². The molecule has 0 N–H and O–H groups in total. The zero-order chi connectivity index (χ0) is 12.0. The molecule has 2 heterocycles. The highest BCUT2D eigenvalue weighted by molar-refractivity contribution is 8.02. The van der Waals surface area contributed by atoms with E-state index in [4.69, 9.17) is 0 Å². The Morgan fingerprint density at radius 1 is 1.00 bits per heavy atom. The predicted octanol–water partition coefficient (Wildman–Crippen LogP) is 4.42. The maximum absolute atomic E-state index is 2.40. The second-order valence-electron chi connectivity index (χ2n) is 5.86. The van der Waals surface area contributed by atoms with Crippen molar-refractivity contribution in [2.75, 3.05) is 0 Å². The van der Waals surface area contributed by atoms with Crippen LogP contribution >= 0.6 is 11.8 Å². The summed E-state index contributed by atoms with van der Waals surface area (Å²) in [6, 6.07) is 9.11. The molecule has 2 unspecified atom stereocenters. The Kier molecular flexibility index (Phi) is 2.48. The fraction of sp³-hybridized carbons (Fsp3) is 0.375. The molecule has 0 saturated carbocycles. The molecule has 2 aliphatic rings. The van der Waals surface area contributed by atoms with Crippen molar-refractivity contribution in [2.24, 2.45) is 0 Å². The molecule has 1 heteroatoms. The Morgan fingerprint density at radius 2 is 1.71 bits per heavy atom. The van der Waals surface area contributed by atoms with E-state index in [1.165, 1.54) is 16.7 Å². The lowest BCUT2D eigenvalue weighted by Gasteiger charge is -2.19. The summed E-state index contributed by atoms with van der Waals surface area (Å²) < 4.78 is 0. The van der Waals surface area contributed by atoms with Crippen molar-refractivity contribution in [1.29, 1.82) is 0 Å². The van der Waals surface area contributed by atoms with Gasteiger partial charge in [0.25, 0.3) is 0 Å². The molecule has 88 valence electrons. The van der Waals surface area contributed by atoms with Crippen LogP contribution in [0.25, 0.3) is 5.57 Å². The van der Waals surface area contributed by atoms with Crippen LogP contribution in [0.1, 0.15) is 31.9 Å². The van der Waals surface area contributed by atoms with Crippen molar-refractivity contribution in [3.8, 4) is 0 Å². The number of thioether (sulfide) groups is 1. The highest BCUT2D eigenvalue weighted by atomic mass is 32.2. The summed E-state index contributed by atoms with van der Waals surface area (Å²) >= 11 is 2.04. The summed E-state index contributed by atoms with van der Waals surface area (Å²) in [4.78, 5) is 0. The molecule has 2 aliphatic heterocycles. The van der Waals surface area contributed by atoms with E-state index in [1.54, 1.807) is 0 Å². The molecule has 0 fully saturated rings. The molecule has 0 aliphatic carbocycles. The first-order chi connectivity index (χ1) is 8.04. The molecule has 2 atom stereocenters. The first kappa shape index (κ1) is 11.2. The molecule has 0 saturated heterocycles. The summed E-state index contributed by atoms with van der Waals surface area (Å²) in [5.74, 6) is 0. The van der Waals surface area contributed by atoms with E-state index in [2.05, 4.69) is 63.3 Å². The predicted molar refractivity (Wildman–Crippen MR) is 77.4 cm³/mol. The smallest absolute Gasteiger partial charge is 0.0490 e. The molecule has 1 aromatic carbocycles. The quantitative estimate of drug-likeness (QED) is 0.657. The largest absolute Gasteiger partial charge is 0.138 e. The Balaban J connectivity index is 1.89. The van der Waals surface area contributed by atoms with Crippen molar-refractivity contribution in [3.63, 3.8) is 0 Å². The first-order valence-electron chi connectivity index (χ1n) is 6.20. The SMILES string of the molecule is CC(C)(C)c1ccc(C2=CC3C=CC2S3)cc1. The zero-order valence-corrected chi connectivity index (χ0v) is 11.4. The Labute approximate surface area is 108 Å². The van der Waals surface area contributed by atoms with Crippen LogP contribution in [0, 0.1) is 0 Å². The van der Waals surface area contributed by atoms with Gasteiger partial charge in [-0.05, 0) is 22.1 Å². The molecule has 2 bridgehead atoms. The molecule has 0 nitrogen and oxygen atoms in total. The molecule has 1 aromatic rings. The van der Waals surface area contributed by atoms with Gasteiger partial charge in [-0.25, -0.2) is 0 Å². The average Bonchev–Trinajstić information content (AvgIpc) is 2.89. The van der Waals surface area contributed by atoms with Crippen molar-refractivity contribution in [2.45, 2.75) is 36.7 Å². The summed E-state index contributed by atoms with van der Waals surface area (Å²) in [6.07, 6.45) is 7.05. The minimum Gasteiger partial charge on any atom is -0.138 e. The van der Waals surface area contributed by atoms with Gasteiger partial charge in [-0.1, -0.05) is 63.3 Å². The Hall–Kier alpha value is -0.950. The van der Waals surface area contributed by atoms with E-state index in [9.17, 15) is 0 Å². The van der Waals surface area contributed by atoms with E-state index in [1.807, 2.05) is 11.8 Å². The van der Waals surface area contributed by atoms with Crippen LogP contribution in [0.2, 0.25) is 0 Å². The second-order valence-corrected chi connectivity index (χ2v) is 7.18. The van der Waals surface area contributed by atoms with Gasteiger partial charge in [-0.3, -0.25) is 0 Å². The van der Waals surface area contributed by atoms with Crippen LogP contribution < -0.4 is 0 Å². The summed E-state index contributed by atoms with van der Waals surface area (Å²) in [7, 11) is 0. The third-order valence-corrected chi connectivity index (χ3v) is 4.83. The minimum atomic E-state index is 0.246. The lowest BCUT2D eigenvalue weighted by molar-refractivity contribution is 0.590. The number of hydrogen-bond donors (Lipinski definition) is 0. The number of hydrogen-bond acceptors (Lipinski definition) is 1. The third-order valence-electron chi connectivity index (χ3n) is 3.51. The van der Waals surface area contributed by atoms with Gasteiger partial charge in [0.15, 0.2) is 0 Å². The van der Waals surface area contributed by atoms with Gasteiger partial charge in [0.05, 0.1) is 0 Å². The normalized spacial score (nSPS) is 26.4. The molecular weight excluding hydrogens is 224 g/mol. The standard InChI is InChI=1S/C16H18S/c1-16(2,3)12-6-4-11(5-7-12)14-10-13-8-9-15(14)17-13/h4-10,13,15H,1-3H3. The molecule has 0 amide bonds. The third kappa shape index (κ3) is 1.97. The number of rotatable bonds is 1. The fourth-order valence-electron chi connectivity index (χ4n) is 2.44. The van der Waals surface area contributed by atoms with E-state index >= 15 is 0 Å². The highest BCUT2D eigenvalue weighted by Crippen LogP contribution is 2.44. The average molecular weight is 242 g/mol. The van der Waals surface area contributed by atoms with Crippen LogP contribution in [0.5, 0.6) is 0 Å². The number of fused-ring (bicyclic) bond motifs is 2. The van der Waals surface area contributed by atoms with E-state index in [0.29, 0.717) is 10.5 Å². The molecule has 0 aromatic heterocycles. The van der Waals surface area contributed by atoms with Gasteiger partial charge >= 0.3 is 0 Å². The van der Waals surface area contributed by atoms with Gasteiger partial charge in [0, 0.05) is 10.5 Å². The van der Waals surface area contributed by atoms with Gasteiger partial charge < -0.3 is 0 Å². The fourth-order valence-corrected chi connectivity index (χ4v) is 3.73. The monoisotopic (exact) mass is 242 g/mol. The van der Waals surface area contributed by atoms with Crippen molar-refractivity contribution in [3.05, 3.63) is 53.6 Å². The lowest BCUT2D eigenvalue weighted by Crippen LogP contribution is -2.10. The van der Waals surface area contributed by atoms with Crippen molar-refractivity contribution >= 4 is 17.3 Å². The van der Waals surface area contributed by atoms with E-state index in [0.717, 1.165) is 0 Å². The second kappa shape index (κ2) is 3.78. The summed E-state index contributed by atoms with van der Waals surface area (Å²) in [6.45, 7) is 6.78. The maximum Gasteiger partial charge on any atom is 0.0490 e. The molecule has 17 heavy (non-hydrogen) atoms. The minimum absolute atomic E-state index is 0.246. The molecule has 0 spiro atoms. The Bertz CT molecular complexity index is 485. The highest BCUT2D eigenvalue weighted by Gasteiger charge is 2.29. The van der Waals surface area contributed by atoms with Crippen LogP contribution in [-0.4, -0.2) is 10.5 Å². The molecular formula is C16H18S. The van der Waals surface area contributed by atoms with Crippen LogP contribution in [0.4, 0.5) is 0 Å². The maximum atomic E-state index is 2.40. The van der Waals surface area contributed by atoms with Crippen LogP contribution in [-0.2, 0) is 5.41 Å². The lowest BCUT2D eigenvalue weighted by atomic mass is 9.86. The molecule has 3 rings (SSSR count). The van der Waals surface area contributed by atoms with Gasteiger partial charge in [-0.2, -0.15) is 0 Å². The Morgan fingerprint density at radius 3 is 2.18 bits per heavy atom. The van der Waals surface area contributed by atoms with E-state index in [-0.39, 0.29) is 5.41 Å². The molecule has 0 radical (unpaired) electrons. The van der Waals surface area contributed by atoms with Crippen molar-refractivity contribution < 1.29 is 0 Å². The number of benzene rings is 1. The zero-order valence-electron chi connectivity index (χ0n) is 10.6. The van der Waals surface area contributed by atoms with Crippen LogP contribution in [0.15, 0.2) is 42.5 Å². The topological polar surface area (TPSA) is 0 Å². The van der Waals surface area contributed by atoms with Gasteiger partial charge in [-0.15, -0.1) is 11.8 Å². The summed E-state index contributed by atoms with van der Waals surface area (Å²) in [5.41, 5.74) is 4.55. The van der Waals surface area contributed by atoms with Gasteiger partial charge in [0.1, 0.15) is 0 Å². The van der Waals surface area contributed by atoms with Crippen molar-refractivity contribution in [1.82, 2.24) is 0 Å². The first-order valence-corrected chi connectivity index (χ1v) is 7.15. The van der Waals surface area contributed by atoms with E-state index < -0.39 is 0 Å².